The molecular weight excluding hydrogens is 985 g/mol. The number of nitrogens with zero attached hydrogens (tertiary/aromatic N) is 4. The predicted molar refractivity (Wildman–Crippen MR) is 253 cm³/mol. The largest absolute Gasteiger partial charge is 0 e. The van der Waals surface area contributed by atoms with E-state index in [1.807, 2.05) is 54.7 Å². The Labute approximate surface area is 374 Å². The van der Waals surface area contributed by atoms with Gasteiger partial charge in [0.25, 0.3) is 0 Å². The van der Waals surface area contributed by atoms with E-state index in [4.69, 9.17) is 14.4 Å². The van der Waals surface area contributed by atoms with E-state index < -0.39 is 13.3 Å². The fraction of sp³-hybridized carbons (Fsp3) is 0.167. The molecule has 7 heteroatoms. The number of benzene rings is 6. The number of hydrogen-bond acceptors (Lipinski definition) is 4. The van der Waals surface area contributed by atoms with Gasteiger partial charge in [0.15, 0.2) is 0 Å². The Hall–Kier alpha value is -5.66. The van der Waals surface area contributed by atoms with Crippen molar-refractivity contribution in [2.75, 3.05) is 0 Å². The number of pyridine rings is 2. The molecule has 0 amide bonds. The molecule has 5 nitrogen and oxygen atoms in total. The van der Waals surface area contributed by atoms with Gasteiger partial charge in [-0.2, -0.15) is 0 Å². The van der Waals surface area contributed by atoms with E-state index in [9.17, 15) is 0 Å². The maximum Gasteiger partial charge on any atom is 0 e. The van der Waals surface area contributed by atoms with E-state index in [2.05, 4.69) is 164 Å². The van der Waals surface area contributed by atoms with E-state index in [0.717, 1.165) is 61.3 Å². The Kier molecular flexibility index (Phi) is 12.0. The molecule has 4 aromatic heterocycles. The first-order valence-electron chi connectivity index (χ1n) is 20.8. The molecule has 0 bridgehead atoms. The summed E-state index contributed by atoms with van der Waals surface area (Å²) in [6.07, 6.45) is 2.04. The van der Waals surface area contributed by atoms with Gasteiger partial charge in [0.2, 0.25) is 5.71 Å². The van der Waals surface area contributed by atoms with Crippen molar-refractivity contribution in [2.24, 2.45) is 0 Å². The van der Waals surface area contributed by atoms with Crippen molar-refractivity contribution in [1.29, 1.82) is 0 Å². The molecule has 0 fully saturated rings. The minimum Gasteiger partial charge on any atom is 0 e. The second kappa shape index (κ2) is 17.4. The molecule has 0 saturated heterocycles. The third kappa shape index (κ3) is 8.13. The van der Waals surface area contributed by atoms with E-state index in [-0.39, 0.29) is 26.0 Å². The van der Waals surface area contributed by atoms with Crippen molar-refractivity contribution in [3.8, 4) is 39.6 Å². The number of aromatic nitrogens is 4. The summed E-state index contributed by atoms with van der Waals surface area (Å²) in [4.78, 5) is 14.7. The number of para-hydroxylation sites is 2. The molecule has 10 rings (SSSR count). The van der Waals surface area contributed by atoms with E-state index in [1.165, 1.54) is 32.0 Å². The molecule has 6 aromatic carbocycles. The number of furan rings is 1. The average molecular weight is 1030 g/mol. The summed E-state index contributed by atoms with van der Waals surface area (Å²) in [6.45, 7) is 9.13. The third-order valence-electron chi connectivity index (χ3n) is 11.3. The fourth-order valence-electron chi connectivity index (χ4n) is 8.19. The Balaban J connectivity index is 0.000000255. The zero-order valence-electron chi connectivity index (χ0n) is 35.6. The molecule has 61 heavy (non-hydrogen) atoms. The Morgan fingerprint density at radius 3 is 2.10 bits per heavy atom. The van der Waals surface area contributed by atoms with Crippen LogP contribution in [0.2, 0.25) is 17.3 Å². The molecule has 0 N–H and O–H groups in total. The quantitative estimate of drug-likeness (QED) is 0.118. The van der Waals surface area contributed by atoms with Crippen LogP contribution in [0.5, 0.6) is 0 Å². The number of imidazole rings is 1. The van der Waals surface area contributed by atoms with Crippen LogP contribution in [0.4, 0.5) is 0 Å². The predicted octanol–water partition coefficient (Wildman–Crippen LogP) is 13.9. The molecule has 0 saturated carbocycles. The average Bonchev–Trinajstić information content (AvgIpc) is 3.84. The zero-order valence-corrected chi connectivity index (χ0v) is 40.1. The van der Waals surface area contributed by atoms with Crippen LogP contribution in [-0.4, -0.2) is 32.8 Å². The van der Waals surface area contributed by atoms with Gasteiger partial charge in [0.05, 0.1) is 28.1 Å². The van der Waals surface area contributed by atoms with E-state index >= 15 is 0 Å². The van der Waals surface area contributed by atoms with Crippen LogP contribution < -0.4 is 4.40 Å². The Morgan fingerprint density at radius 1 is 0.639 bits per heavy atom. The summed E-state index contributed by atoms with van der Waals surface area (Å²) in [5.41, 5.74) is 12.0. The van der Waals surface area contributed by atoms with Gasteiger partial charge < -0.3 is 8.98 Å². The zero-order chi connectivity index (χ0) is 41.5. The van der Waals surface area contributed by atoms with Crippen LogP contribution in [0.25, 0.3) is 83.5 Å². The van der Waals surface area contributed by atoms with Crippen molar-refractivity contribution in [2.45, 2.75) is 56.8 Å². The summed E-state index contributed by atoms with van der Waals surface area (Å²) in [5.74, 6) is 8.54. The standard InChI is InChI=1S/C40H32N3O.C14H16GeN.Ir/c1-24(2)32-23-27-15-8-9-16-28(27)36(25(3)4)37(32)43-35-20-11-10-19-34(35)41-39(43)31-18-12-17-29-30-21-22-33(26-13-6-5-7-14-26)42-40(30)44-38(29)31;1-15(2,3)13-9-10-14(16-11-13)12-7-5-4-6-8-12;/h5-17,19-25H,1-4H3;4-7,9-11H,1-3H3;/q2*-1;. The summed E-state index contributed by atoms with van der Waals surface area (Å²) < 4.78 is 10.4. The maximum absolute atomic E-state index is 6.62. The first-order chi connectivity index (χ1) is 29.1. The molecule has 10 aromatic rings. The monoisotopic (exact) mass is 1040 g/mol. The first-order valence-corrected chi connectivity index (χ1v) is 28.2. The van der Waals surface area contributed by atoms with E-state index in [0.29, 0.717) is 11.6 Å². The molecule has 1 radical (unpaired) electrons. The molecule has 4 heterocycles. The van der Waals surface area contributed by atoms with Crippen LogP contribution in [0.15, 0.2) is 156 Å². The topological polar surface area (TPSA) is 56.7 Å². The van der Waals surface area contributed by atoms with Crippen molar-refractivity contribution >= 4 is 61.5 Å². The second-order valence-corrected chi connectivity index (χ2v) is 27.7. The van der Waals surface area contributed by atoms with Gasteiger partial charge in [-0.15, -0.1) is 18.2 Å². The second-order valence-electron chi connectivity index (χ2n) is 17.1. The smallest absolute Gasteiger partial charge is 0 e. The van der Waals surface area contributed by atoms with Crippen molar-refractivity contribution < 1.29 is 24.5 Å². The van der Waals surface area contributed by atoms with Gasteiger partial charge in [-0.1, -0.05) is 105 Å². The minimum atomic E-state index is -1.72. The fourth-order valence-corrected chi connectivity index (χ4v) is 10.4. The molecule has 305 valence electrons. The summed E-state index contributed by atoms with van der Waals surface area (Å²) in [6, 6.07) is 57.0. The summed E-state index contributed by atoms with van der Waals surface area (Å²) in [5, 5.41) is 4.52. The van der Waals surface area contributed by atoms with Crippen LogP contribution in [-0.2, 0) is 20.1 Å². The SMILES string of the molecule is CC(C)c1cc2ccccc2c(C(C)C)c1-n1c(-c2[c-]ccc3c2oc2nc(-c4ccccc4)ccc23)nc2ccccc21.[CH3][Ge]([CH3])([CH3])[c]1ccc(-c2[c-]cccc2)nc1.[Ir]. The molecule has 0 aliphatic rings. The van der Waals surface area contributed by atoms with Gasteiger partial charge >= 0.3 is 99.8 Å². The molecule has 0 aliphatic heterocycles. The Morgan fingerprint density at radius 2 is 1.38 bits per heavy atom. The maximum atomic E-state index is 6.62. The molecule has 0 unspecified atom stereocenters. The minimum absolute atomic E-state index is 0. The van der Waals surface area contributed by atoms with Gasteiger partial charge in [0.1, 0.15) is 0 Å². The molecule has 0 spiro atoms. The molecule has 0 atom stereocenters. The van der Waals surface area contributed by atoms with Crippen LogP contribution in [0.3, 0.4) is 0 Å². The Bertz CT molecular complexity index is 3130. The van der Waals surface area contributed by atoms with Crippen molar-refractivity contribution in [3.05, 3.63) is 175 Å². The van der Waals surface area contributed by atoms with Gasteiger partial charge in [-0.25, -0.2) is 4.98 Å². The summed E-state index contributed by atoms with van der Waals surface area (Å²) in [7, 11) is 0. The third-order valence-corrected chi connectivity index (χ3v) is 15.5. The van der Waals surface area contributed by atoms with Crippen LogP contribution in [0, 0.1) is 12.1 Å². The van der Waals surface area contributed by atoms with Crippen LogP contribution in [0.1, 0.15) is 50.7 Å². The van der Waals surface area contributed by atoms with E-state index in [1.54, 1.807) is 0 Å². The van der Waals surface area contributed by atoms with Gasteiger partial charge in [-0.3, -0.25) is 4.98 Å². The van der Waals surface area contributed by atoms with Crippen molar-refractivity contribution in [1.82, 2.24) is 19.5 Å². The number of hydrogen-bond donors (Lipinski definition) is 0. The number of rotatable bonds is 7. The number of fused-ring (bicyclic) bond motifs is 5. The first kappa shape index (κ1) is 42.1. The normalized spacial score (nSPS) is 11.7. The van der Waals surface area contributed by atoms with Crippen molar-refractivity contribution in [3.63, 3.8) is 0 Å². The van der Waals surface area contributed by atoms with Gasteiger partial charge in [-0.05, 0) is 64.1 Å². The molecular formula is C54H48GeIrN4O-2. The summed E-state index contributed by atoms with van der Waals surface area (Å²) >= 11 is -1.72. The molecule has 0 aliphatic carbocycles. The van der Waals surface area contributed by atoms with Crippen LogP contribution >= 0.6 is 0 Å². The van der Waals surface area contributed by atoms with Gasteiger partial charge in [0, 0.05) is 36.7 Å².